The summed E-state index contributed by atoms with van der Waals surface area (Å²) < 4.78 is 9.94. The molecule has 0 aliphatic carbocycles. The Labute approximate surface area is 121 Å². The minimum atomic E-state index is -0.781. The van der Waals surface area contributed by atoms with Crippen LogP contribution in [0.4, 0.5) is 5.88 Å². The van der Waals surface area contributed by atoms with E-state index in [9.17, 15) is 9.59 Å². The van der Waals surface area contributed by atoms with Crippen molar-refractivity contribution in [2.75, 3.05) is 5.32 Å². The molecule has 0 bridgehead atoms. The molecular weight excluding hydrogens is 296 g/mol. The highest BCUT2D eigenvalue weighted by Crippen LogP contribution is 2.30. The number of thiazole rings is 1. The number of nitrogens with two attached hydrogens (primary N) is 1. The molecule has 8 nitrogen and oxygen atoms in total. The Morgan fingerprint density at radius 3 is 2.86 bits per heavy atom. The van der Waals surface area contributed by atoms with E-state index in [2.05, 4.69) is 15.5 Å². The van der Waals surface area contributed by atoms with E-state index >= 15 is 0 Å². The molecule has 9 heteroatoms. The van der Waals surface area contributed by atoms with E-state index in [1.807, 2.05) is 0 Å². The maximum absolute atomic E-state index is 11.9. The maximum Gasteiger partial charge on any atom is 0.293 e. The van der Waals surface area contributed by atoms with Crippen LogP contribution in [0.1, 0.15) is 20.9 Å². The summed E-state index contributed by atoms with van der Waals surface area (Å²) in [6.07, 6.45) is 2.91. The van der Waals surface area contributed by atoms with E-state index in [1.54, 1.807) is 17.6 Å². The van der Waals surface area contributed by atoms with Crippen molar-refractivity contribution in [3.63, 3.8) is 0 Å². The zero-order valence-electron chi connectivity index (χ0n) is 10.4. The van der Waals surface area contributed by atoms with Gasteiger partial charge in [-0.15, -0.1) is 11.3 Å². The average molecular weight is 304 g/mol. The van der Waals surface area contributed by atoms with E-state index < -0.39 is 11.8 Å². The topological polar surface area (TPSA) is 124 Å². The van der Waals surface area contributed by atoms with Crippen molar-refractivity contribution in [3.05, 3.63) is 41.3 Å². The van der Waals surface area contributed by atoms with Crippen molar-refractivity contribution in [3.8, 4) is 10.7 Å². The maximum atomic E-state index is 11.9. The molecule has 3 rings (SSSR count). The van der Waals surface area contributed by atoms with Crippen LogP contribution >= 0.6 is 11.3 Å². The molecule has 0 saturated heterocycles. The number of nitrogens with zero attached hydrogens (tertiary/aromatic N) is 2. The van der Waals surface area contributed by atoms with Gasteiger partial charge in [0.2, 0.25) is 5.88 Å². The molecule has 3 aromatic rings. The van der Waals surface area contributed by atoms with Gasteiger partial charge in [-0.3, -0.25) is 14.9 Å². The summed E-state index contributed by atoms with van der Waals surface area (Å²) in [6.45, 7) is 0. The number of primary amides is 1. The molecule has 0 unspecified atom stereocenters. The number of hydrogen-bond acceptors (Lipinski definition) is 7. The lowest BCUT2D eigenvalue weighted by molar-refractivity contribution is 0.0993. The molecule has 3 aromatic heterocycles. The van der Waals surface area contributed by atoms with Crippen LogP contribution in [0.5, 0.6) is 0 Å². The van der Waals surface area contributed by atoms with Gasteiger partial charge in [-0.05, 0) is 12.1 Å². The summed E-state index contributed by atoms with van der Waals surface area (Å²) in [5.41, 5.74) is 5.47. The first kappa shape index (κ1) is 13.1. The van der Waals surface area contributed by atoms with Gasteiger partial charge in [0.1, 0.15) is 10.6 Å². The van der Waals surface area contributed by atoms with E-state index in [0.717, 1.165) is 0 Å². The molecule has 0 aromatic carbocycles. The molecule has 0 aliphatic heterocycles. The van der Waals surface area contributed by atoms with Crippen LogP contribution in [0, 0.1) is 0 Å². The van der Waals surface area contributed by atoms with Gasteiger partial charge in [0, 0.05) is 11.6 Å². The van der Waals surface area contributed by atoms with Crippen LogP contribution in [-0.2, 0) is 0 Å². The second kappa shape index (κ2) is 5.21. The number of hydrogen-bond donors (Lipinski definition) is 2. The first-order valence-corrected chi connectivity index (χ1v) is 6.59. The first-order chi connectivity index (χ1) is 10.2. The molecule has 0 aliphatic rings. The van der Waals surface area contributed by atoms with Crippen LogP contribution in [0.15, 0.2) is 38.9 Å². The summed E-state index contributed by atoms with van der Waals surface area (Å²) >= 11 is 1.26. The van der Waals surface area contributed by atoms with Crippen LogP contribution in [0.2, 0.25) is 0 Å². The predicted molar refractivity (Wildman–Crippen MR) is 72.8 cm³/mol. The Balaban J connectivity index is 1.96. The lowest BCUT2D eigenvalue weighted by atomic mass is 10.2. The van der Waals surface area contributed by atoms with E-state index in [4.69, 9.17) is 14.7 Å². The molecule has 0 spiro atoms. The van der Waals surface area contributed by atoms with E-state index in [1.165, 1.54) is 23.7 Å². The lowest BCUT2D eigenvalue weighted by Gasteiger charge is -2.00. The number of carbonyl (C=O) groups excluding carboxylic acids is 2. The van der Waals surface area contributed by atoms with Gasteiger partial charge in [-0.1, -0.05) is 5.16 Å². The minimum absolute atomic E-state index is 0.0372. The minimum Gasteiger partial charge on any atom is -0.459 e. The van der Waals surface area contributed by atoms with Crippen molar-refractivity contribution in [1.82, 2.24) is 10.1 Å². The van der Waals surface area contributed by atoms with Gasteiger partial charge in [0.05, 0.1) is 6.26 Å². The van der Waals surface area contributed by atoms with Gasteiger partial charge < -0.3 is 14.7 Å². The van der Waals surface area contributed by atoms with Gasteiger partial charge in [-0.2, -0.15) is 0 Å². The van der Waals surface area contributed by atoms with Crippen molar-refractivity contribution in [2.24, 2.45) is 5.73 Å². The third-order valence-corrected chi connectivity index (χ3v) is 3.33. The molecule has 0 saturated carbocycles. The number of anilines is 1. The molecular formula is C12H8N4O4S. The van der Waals surface area contributed by atoms with Crippen LogP contribution in [0.3, 0.4) is 0 Å². The largest absolute Gasteiger partial charge is 0.459 e. The van der Waals surface area contributed by atoms with Crippen LogP contribution in [-0.4, -0.2) is 22.0 Å². The fourth-order valence-corrected chi connectivity index (χ4v) is 2.29. The summed E-state index contributed by atoms with van der Waals surface area (Å²) in [7, 11) is 0. The highest BCUT2D eigenvalue weighted by molar-refractivity contribution is 7.13. The number of aromatic nitrogens is 2. The Morgan fingerprint density at radius 2 is 2.24 bits per heavy atom. The number of furan rings is 1. The quantitative estimate of drug-likeness (QED) is 0.756. The summed E-state index contributed by atoms with van der Waals surface area (Å²) in [6, 6.07) is 3.03. The fraction of sp³-hybridized carbons (Fsp3) is 0. The fourth-order valence-electron chi connectivity index (χ4n) is 1.66. The molecule has 2 amide bonds. The molecule has 0 atom stereocenters. The second-order valence-corrected chi connectivity index (χ2v) is 4.76. The van der Waals surface area contributed by atoms with Crippen molar-refractivity contribution in [2.45, 2.75) is 0 Å². The Bertz CT molecular complexity index is 776. The summed E-state index contributed by atoms with van der Waals surface area (Å²) in [5.74, 6) is -1.44. The Hall–Kier alpha value is -2.94. The lowest BCUT2D eigenvalue weighted by Crippen LogP contribution is -2.17. The SMILES string of the molecule is NC(=O)c1c(-c2nccs2)noc1NC(=O)c1ccco1. The summed E-state index contributed by atoms with van der Waals surface area (Å²) in [5, 5.41) is 8.31. The van der Waals surface area contributed by atoms with Gasteiger partial charge in [-0.25, -0.2) is 4.98 Å². The number of rotatable bonds is 4. The standard InChI is InChI=1S/C12H8N4O4S/c13-9(17)7-8(12-14-3-5-21-12)16-20-11(7)15-10(18)6-2-1-4-19-6/h1-5H,(H2,13,17)(H,15,18). The number of carbonyl (C=O) groups is 2. The predicted octanol–water partition coefficient (Wildman–Crippen LogP) is 1.74. The second-order valence-electron chi connectivity index (χ2n) is 3.87. The molecule has 3 heterocycles. The van der Waals surface area contributed by atoms with E-state index in [0.29, 0.717) is 5.01 Å². The third-order valence-electron chi connectivity index (χ3n) is 2.55. The average Bonchev–Trinajstić information content (AvgIpc) is 3.19. The Morgan fingerprint density at radius 1 is 1.38 bits per heavy atom. The normalized spacial score (nSPS) is 10.5. The monoisotopic (exact) mass is 304 g/mol. The van der Waals surface area contributed by atoms with E-state index in [-0.39, 0.29) is 22.9 Å². The first-order valence-electron chi connectivity index (χ1n) is 5.71. The van der Waals surface area contributed by atoms with Gasteiger partial charge in [0.25, 0.3) is 11.8 Å². The van der Waals surface area contributed by atoms with Crippen molar-refractivity contribution < 1.29 is 18.5 Å². The zero-order chi connectivity index (χ0) is 14.8. The summed E-state index contributed by atoms with van der Waals surface area (Å²) in [4.78, 5) is 27.5. The highest BCUT2D eigenvalue weighted by atomic mass is 32.1. The number of amides is 2. The molecule has 3 N–H and O–H groups in total. The van der Waals surface area contributed by atoms with Gasteiger partial charge in [0.15, 0.2) is 11.5 Å². The van der Waals surface area contributed by atoms with Crippen molar-refractivity contribution in [1.29, 1.82) is 0 Å². The molecule has 0 fully saturated rings. The third kappa shape index (κ3) is 2.41. The smallest absolute Gasteiger partial charge is 0.293 e. The van der Waals surface area contributed by atoms with Crippen molar-refractivity contribution >= 4 is 29.0 Å². The molecule has 21 heavy (non-hydrogen) atoms. The number of nitrogens with one attached hydrogen (secondary N) is 1. The Kier molecular flexibility index (Phi) is 3.24. The van der Waals surface area contributed by atoms with Gasteiger partial charge >= 0.3 is 0 Å². The highest BCUT2D eigenvalue weighted by Gasteiger charge is 2.25. The van der Waals surface area contributed by atoms with Crippen LogP contribution in [0.25, 0.3) is 10.7 Å². The van der Waals surface area contributed by atoms with Crippen LogP contribution < -0.4 is 11.1 Å². The molecule has 0 radical (unpaired) electrons. The zero-order valence-corrected chi connectivity index (χ0v) is 11.2. The molecule has 106 valence electrons.